The van der Waals surface area contributed by atoms with Crippen LogP contribution in [0.15, 0.2) is 182 Å². The van der Waals surface area contributed by atoms with Gasteiger partial charge in [0.25, 0.3) is 0 Å². The molecule has 2 aliphatic rings. The van der Waals surface area contributed by atoms with E-state index < -0.39 is 11.8 Å². The van der Waals surface area contributed by atoms with Crippen LogP contribution in [0.2, 0.25) is 20.1 Å². The largest absolute Gasteiger partial charge is 0.395 e. The summed E-state index contributed by atoms with van der Waals surface area (Å²) in [5.41, 5.74) is 7.44. The molecule has 2 unspecified atom stereocenters. The van der Waals surface area contributed by atoms with Crippen molar-refractivity contribution in [3.63, 3.8) is 0 Å². The van der Waals surface area contributed by atoms with Crippen molar-refractivity contribution in [2.45, 2.75) is 11.8 Å². The number of Topliss-reactive ketones (excluding diaryl/α,β-unsaturated/α-hetero) is 2. The van der Waals surface area contributed by atoms with E-state index in [-0.39, 0.29) is 43.7 Å². The first-order valence-corrected chi connectivity index (χ1v) is 22.0. The third kappa shape index (κ3) is 9.42. The number of rotatable bonds is 14. The zero-order chi connectivity index (χ0) is 44.9. The van der Waals surface area contributed by atoms with Gasteiger partial charge in [0.05, 0.1) is 33.3 Å². The molecule has 0 saturated carbocycles. The van der Waals surface area contributed by atoms with Gasteiger partial charge in [-0.3, -0.25) is 14.4 Å². The second kappa shape index (κ2) is 19.8. The van der Waals surface area contributed by atoms with Gasteiger partial charge in [0.15, 0.2) is 17.3 Å². The number of aliphatic hydroxyl groups is 2. The first kappa shape index (κ1) is 44.6. The maximum absolute atomic E-state index is 14.2. The Labute approximate surface area is 391 Å². The highest BCUT2D eigenvalue weighted by Crippen LogP contribution is 2.46. The number of aliphatic hydroxyl groups excluding tert-OH is 2. The first-order valence-electron chi connectivity index (χ1n) is 20.5. The van der Waals surface area contributed by atoms with Crippen molar-refractivity contribution in [3.05, 3.63) is 246 Å². The molecule has 2 heterocycles. The SMILES string of the molecule is O=C(C1=CN(CCO)C=C(c2ccc(C(=O)c3ccc(C4=CN(CCO)C=C(C(=O)c5ccccc5)C4c4ccc(Cl)c(Cl)c4)cc3)cc2)C1c1ccc(Cl)c(Cl)c1)c1ccccc1. The molecule has 0 spiro atoms. The molecule has 6 aromatic rings. The Balaban J connectivity index is 1.12. The fourth-order valence-corrected chi connectivity index (χ4v) is 8.80. The number of carbonyl (C=O) groups excluding carboxylic acids is 3. The molecule has 0 saturated heterocycles. The number of allylic oxidation sites excluding steroid dienone is 4. The lowest BCUT2D eigenvalue weighted by atomic mass is 9.77. The molecule has 0 fully saturated rings. The first-order chi connectivity index (χ1) is 31.0. The Morgan fingerprint density at radius 3 is 1.12 bits per heavy atom. The van der Waals surface area contributed by atoms with Gasteiger partial charge >= 0.3 is 0 Å². The summed E-state index contributed by atoms with van der Waals surface area (Å²) in [6.45, 7) is 0.214. The summed E-state index contributed by atoms with van der Waals surface area (Å²) in [6.07, 6.45) is 7.34. The van der Waals surface area contributed by atoms with E-state index in [2.05, 4.69) is 0 Å². The topological polar surface area (TPSA) is 98.2 Å². The van der Waals surface area contributed by atoms with Crippen LogP contribution in [-0.2, 0) is 0 Å². The molecule has 7 nitrogen and oxygen atoms in total. The van der Waals surface area contributed by atoms with Gasteiger partial charge in [0.1, 0.15) is 0 Å². The zero-order valence-corrected chi connectivity index (χ0v) is 37.2. The van der Waals surface area contributed by atoms with Gasteiger partial charge in [-0.2, -0.15) is 0 Å². The number of benzene rings is 6. The lowest BCUT2D eigenvalue weighted by Crippen LogP contribution is -2.26. The van der Waals surface area contributed by atoms with Gasteiger partial charge in [-0.05, 0) is 57.7 Å². The van der Waals surface area contributed by atoms with Crippen LogP contribution in [0.5, 0.6) is 0 Å². The smallest absolute Gasteiger partial charge is 0.193 e. The summed E-state index contributed by atoms with van der Waals surface area (Å²) in [6, 6.07) is 43.1. The quantitative estimate of drug-likeness (QED) is 0.105. The summed E-state index contributed by atoms with van der Waals surface area (Å²) >= 11 is 25.8. The number of hydrogen-bond acceptors (Lipinski definition) is 7. The second-order valence-corrected chi connectivity index (χ2v) is 17.0. The predicted molar refractivity (Wildman–Crippen MR) is 256 cm³/mol. The monoisotopic (exact) mass is 924 g/mol. The lowest BCUT2D eigenvalue weighted by Gasteiger charge is -2.32. The molecule has 0 bridgehead atoms. The Morgan fingerprint density at radius 2 is 0.781 bits per heavy atom. The third-order valence-corrected chi connectivity index (χ3v) is 12.8. The second-order valence-electron chi connectivity index (χ2n) is 15.3. The Morgan fingerprint density at radius 1 is 0.422 bits per heavy atom. The van der Waals surface area contributed by atoms with E-state index in [1.54, 1.807) is 95.0 Å². The normalized spacial score (nSPS) is 16.1. The average molecular weight is 927 g/mol. The number of ketones is 3. The van der Waals surface area contributed by atoms with Crippen molar-refractivity contribution in [2.75, 3.05) is 26.3 Å². The van der Waals surface area contributed by atoms with E-state index in [0.717, 1.165) is 33.4 Å². The summed E-state index contributed by atoms with van der Waals surface area (Å²) in [4.78, 5) is 46.2. The summed E-state index contributed by atoms with van der Waals surface area (Å²) < 4.78 is 0. The van der Waals surface area contributed by atoms with Gasteiger partial charge in [-0.25, -0.2) is 0 Å². The molecule has 2 aliphatic heterocycles. The Bertz CT molecular complexity index is 2660. The molecule has 320 valence electrons. The van der Waals surface area contributed by atoms with Crippen LogP contribution in [0.25, 0.3) is 11.1 Å². The highest BCUT2D eigenvalue weighted by Gasteiger charge is 2.34. The summed E-state index contributed by atoms with van der Waals surface area (Å²) in [7, 11) is 0. The van der Waals surface area contributed by atoms with E-state index in [0.29, 0.717) is 53.5 Å². The average Bonchev–Trinajstić information content (AvgIpc) is 3.33. The Kier molecular flexibility index (Phi) is 13.8. The predicted octanol–water partition coefficient (Wildman–Crippen LogP) is 11.9. The number of halogens is 4. The van der Waals surface area contributed by atoms with E-state index in [9.17, 15) is 24.6 Å². The molecule has 2 atom stereocenters. The van der Waals surface area contributed by atoms with Crippen molar-refractivity contribution in [1.29, 1.82) is 0 Å². The minimum absolute atomic E-state index is 0.144. The maximum atomic E-state index is 14.2. The number of carbonyl (C=O) groups is 3. The van der Waals surface area contributed by atoms with Crippen LogP contribution in [0.1, 0.15) is 70.7 Å². The van der Waals surface area contributed by atoms with Crippen molar-refractivity contribution in [2.24, 2.45) is 0 Å². The summed E-state index contributed by atoms with van der Waals surface area (Å²) in [5, 5.41) is 21.4. The van der Waals surface area contributed by atoms with Crippen molar-refractivity contribution < 1.29 is 24.6 Å². The fraction of sp³-hybridized carbons (Fsp3) is 0.113. The van der Waals surface area contributed by atoms with E-state index in [1.807, 2.05) is 85.2 Å². The molecule has 8 rings (SSSR count). The minimum atomic E-state index is -0.556. The van der Waals surface area contributed by atoms with Crippen LogP contribution in [0.3, 0.4) is 0 Å². The van der Waals surface area contributed by atoms with Crippen LogP contribution in [0.4, 0.5) is 0 Å². The van der Waals surface area contributed by atoms with Crippen LogP contribution < -0.4 is 0 Å². The highest BCUT2D eigenvalue weighted by molar-refractivity contribution is 6.42. The molecular weight excluding hydrogens is 886 g/mol. The fourth-order valence-electron chi connectivity index (χ4n) is 8.18. The van der Waals surface area contributed by atoms with Gasteiger partial charge in [-0.1, -0.05) is 168 Å². The molecule has 0 amide bonds. The van der Waals surface area contributed by atoms with Gasteiger partial charge in [0.2, 0.25) is 0 Å². The number of hydrogen-bond donors (Lipinski definition) is 2. The molecule has 0 radical (unpaired) electrons. The van der Waals surface area contributed by atoms with E-state index in [4.69, 9.17) is 46.4 Å². The maximum Gasteiger partial charge on any atom is 0.193 e. The van der Waals surface area contributed by atoms with E-state index >= 15 is 0 Å². The Hall–Kier alpha value is -6.03. The van der Waals surface area contributed by atoms with Crippen molar-refractivity contribution in [1.82, 2.24) is 9.80 Å². The van der Waals surface area contributed by atoms with Gasteiger partial charge in [-0.15, -0.1) is 0 Å². The zero-order valence-electron chi connectivity index (χ0n) is 34.2. The molecule has 2 N–H and O–H groups in total. The van der Waals surface area contributed by atoms with Crippen LogP contribution in [-0.4, -0.2) is 63.7 Å². The van der Waals surface area contributed by atoms with Gasteiger partial charge < -0.3 is 20.0 Å². The van der Waals surface area contributed by atoms with Crippen LogP contribution in [0, 0.1) is 0 Å². The molecule has 0 aliphatic carbocycles. The molecule has 64 heavy (non-hydrogen) atoms. The lowest BCUT2D eigenvalue weighted by molar-refractivity contribution is 0.101. The van der Waals surface area contributed by atoms with Crippen LogP contribution >= 0.6 is 46.4 Å². The van der Waals surface area contributed by atoms with Gasteiger partial charge in [0, 0.05) is 83.1 Å². The summed E-state index contributed by atoms with van der Waals surface area (Å²) in [5.74, 6) is -1.67. The molecule has 11 heteroatoms. The highest BCUT2D eigenvalue weighted by atomic mass is 35.5. The number of nitrogens with zero attached hydrogens (tertiary/aromatic N) is 2. The molecule has 0 aromatic heterocycles. The minimum Gasteiger partial charge on any atom is -0.395 e. The third-order valence-electron chi connectivity index (χ3n) is 11.3. The molecule has 6 aromatic carbocycles. The van der Waals surface area contributed by atoms with E-state index in [1.165, 1.54) is 0 Å². The molecular formula is C53H40Cl4N2O5. The van der Waals surface area contributed by atoms with Crippen molar-refractivity contribution in [3.8, 4) is 0 Å². The standard InChI is InChI=1S/C53H40Cl4N2O5/c54-45-21-19-39(27-47(45)56)49-41(29-58(23-25-60)31-43(49)52(63)35-7-3-1-4-8-35)33-11-15-37(16-12-33)51(62)38-17-13-34(14-18-38)42-30-59(24-26-61)32-44(53(64)36-9-5-2-6-10-36)50(42)40-20-22-46(55)48(57)28-40/h1-22,27-32,49-50,60-61H,23-26H2. The van der Waals surface area contributed by atoms with Crippen molar-refractivity contribution >= 4 is 74.9 Å². The number of β-amino-alcohol motifs (C(OH)–C–C–N with tert-alkyl or cyclic N) is 2.